The van der Waals surface area contributed by atoms with Gasteiger partial charge in [0.2, 0.25) is 0 Å². The molecule has 0 heterocycles. The van der Waals surface area contributed by atoms with E-state index in [0.29, 0.717) is 10.2 Å². The van der Waals surface area contributed by atoms with Crippen molar-refractivity contribution in [1.82, 2.24) is 0 Å². The first-order valence-electron chi connectivity index (χ1n) is 5.71. The zero-order chi connectivity index (χ0) is 15.6. The molecule has 0 aromatic heterocycles. The third-order valence-electron chi connectivity index (χ3n) is 2.67. The second-order valence-electron chi connectivity index (χ2n) is 4.12. The van der Waals surface area contributed by atoms with Crippen LogP contribution in [0.5, 0.6) is 5.75 Å². The molecule has 21 heavy (non-hydrogen) atoms. The molecule has 0 atom stereocenters. The highest BCUT2D eigenvalue weighted by molar-refractivity contribution is 14.1. The fourth-order valence-corrected chi connectivity index (χ4v) is 2.60. The summed E-state index contributed by atoms with van der Waals surface area (Å²) >= 11 is 5.25. The number of nitrogens with one attached hydrogen (secondary N) is 1. The van der Waals surface area contributed by atoms with Crippen molar-refractivity contribution in [2.45, 2.75) is 0 Å². The summed E-state index contributed by atoms with van der Waals surface area (Å²) < 4.78 is 1.26. The third kappa shape index (κ3) is 3.73. The summed E-state index contributed by atoms with van der Waals surface area (Å²) in [5.74, 6) is -1.65. The average Bonchev–Trinajstić information content (AvgIpc) is 2.43. The monoisotopic (exact) mass is 461 g/mol. The van der Waals surface area contributed by atoms with E-state index in [9.17, 15) is 14.7 Å². The molecule has 2 aromatic rings. The number of carbonyl (C=O) groups excluding carboxylic acids is 1. The van der Waals surface area contributed by atoms with Crippen molar-refractivity contribution in [3.8, 4) is 5.75 Å². The number of phenolic OH excluding ortho intramolecular Hbond substituents is 1. The Morgan fingerprint density at radius 2 is 1.86 bits per heavy atom. The molecule has 2 rings (SSSR count). The van der Waals surface area contributed by atoms with E-state index in [0.717, 1.165) is 3.57 Å². The van der Waals surface area contributed by atoms with Crippen LogP contribution in [0.1, 0.15) is 20.7 Å². The maximum absolute atomic E-state index is 12.1. The molecular formula is C14H9BrINO4. The molecule has 3 N–H and O–H groups in total. The van der Waals surface area contributed by atoms with Crippen molar-refractivity contribution in [2.75, 3.05) is 5.32 Å². The van der Waals surface area contributed by atoms with Gasteiger partial charge in [-0.05, 0) is 74.9 Å². The van der Waals surface area contributed by atoms with E-state index < -0.39 is 11.9 Å². The smallest absolute Gasteiger partial charge is 0.335 e. The largest absolute Gasteiger partial charge is 0.507 e. The van der Waals surface area contributed by atoms with Crippen LogP contribution in [-0.2, 0) is 0 Å². The maximum Gasteiger partial charge on any atom is 0.335 e. The quantitative estimate of drug-likeness (QED) is 0.608. The Hall–Kier alpha value is -1.61. The maximum atomic E-state index is 12.1. The van der Waals surface area contributed by atoms with Crippen LogP contribution in [0.15, 0.2) is 40.9 Å². The second kappa shape index (κ2) is 6.44. The normalized spacial score (nSPS) is 10.2. The van der Waals surface area contributed by atoms with Crippen LogP contribution in [0.4, 0.5) is 5.69 Å². The van der Waals surface area contributed by atoms with Gasteiger partial charge in [0.05, 0.1) is 16.8 Å². The third-order valence-corrected chi connectivity index (χ3v) is 3.99. The molecule has 5 nitrogen and oxygen atoms in total. The van der Waals surface area contributed by atoms with Gasteiger partial charge in [0.1, 0.15) is 5.75 Å². The Labute approximate surface area is 142 Å². The van der Waals surface area contributed by atoms with Crippen LogP contribution in [0.2, 0.25) is 0 Å². The fourth-order valence-electron chi connectivity index (χ4n) is 1.63. The van der Waals surface area contributed by atoms with E-state index >= 15 is 0 Å². The number of aromatic carboxylic acids is 1. The molecule has 0 saturated carbocycles. The average molecular weight is 462 g/mol. The minimum Gasteiger partial charge on any atom is -0.507 e. The van der Waals surface area contributed by atoms with Gasteiger partial charge in [-0.3, -0.25) is 4.79 Å². The second-order valence-corrected chi connectivity index (χ2v) is 6.22. The zero-order valence-corrected chi connectivity index (χ0v) is 14.2. The molecular weight excluding hydrogens is 453 g/mol. The van der Waals surface area contributed by atoms with E-state index in [1.54, 1.807) is 12.1 Å². The molecule has 2 aromatic carbocycles. The van der Waals surface area contributed by atoms with Gasteiger partial charge < -0.3 is 15.5 Å². The van der Waals surface area contributed by atoms with Crippen LogP contribution >= 0.6 is 38.5 Å². The standard InChI is InChI=1S/C14H9BrINO4/c15-10-5-7(14(20)21)1-3-11(10)17-13(19)9-6-8(16)2-4-12(9)18/h1-6,18H,(H,17,19)(H,20,21). The van der Waals surface area contributed by atoms with Crippen molar-refractivity contribution >= 4 is 56.1 Å². The van der Waals surface area contributed by atoms with E-state index in [-0.39, 0.29) is 16.9 Å². The van der Waals surface area contributed by atoms with E-state index in [4.69, 9.17) is 5.11 Å². The molecule has 0 radical (unpaired) electrons. The van der Waals surface area contributed by atoms with Crippen molar-refractivity contribution in [3.05, 3.63) is 55.6 Å². The number of anilines is 1. The zero-order valence-electron chi connectivity index (χ0n) is 10.4. The summed E-state index contributed by atoms with van der Waals surface area (Å²) in [6.45, 7) is 0. The van der Waals surface area contributed by atoms with Gasteiger partial charge in [-0.2, -0.15) is 0 Å². The highest BCUT2D eigenvalue weighted by Gasteiger charge is 2.14. The predicted molar refractivity (Wildman–Crippen MR) is 89.9 cm³/mol. The molecule has 0 aliphatic carbocycles. The number of aromatic hydroxyl groups is 1. The van der Waals surface area contributed by atoms with Crippen LogP contribution in [-0.4, -0.2) is 22.1 Å². The lowest BCUT2D eigenvalue weighted by Crippen LogP contribution is -2.13. The lowest BCUT2D eigenvalue weighted by molar-refractivity contribution is 0.0696. The highest BCUT2D eigenvalue weighted by Crippen LogP contribution is 2.26. The van der Waals surface area contributed by atoms with E-state index in [1.165, 1.54) is 24.3 Å². The molecule has 0 saturated heterocycles. The first kappa shape index (κ1) is 15.8. The number of hydrogen-bond acceptors (Lipinski definition) is 3. The van der Waals surface area contributed by atoms with Crippen LogP contribution in [0.3, 0.4) is 0 Å². The number of amides is 1. The lowest BCUT2D eigenvalue weighted by Gasteiger charge is -2.09. The summed E-state index contributed by atoms with van der Waals surface area (Å²) in [6, 6.07) is 8.95. The number of carboxylic acid groups (broad SMARTS) is 1. The Morgan fingerprint density at radius 3 is 2.48 bits per heavy atom. The molecule has 0 aliphatic heterocycles. The number of benzene rings is 2. The first-order chi connectivity index (χ1) is 9.88. The lowest BCUT2D eigenvalue weighted by atomic mass is 10.1. The summed E-state index contributed by atoms with van der Waals surface area (Å²) in [7, 11) is 0. The molecule has 0 bridgehead atoms. The molecule has 0 fully saturated rings. The number of halogens is 2. The summed E-state index contributed by atoms with van der Waals surface area (Å²) in [4.78, 5) is 23.0. The summed E-state index contributed by atoms with van der Waals surface area (Å²) in [5, 5.41) is 21.2. The van der Waals surface area contributed by atoms with E-state index in [1.807, 2.05) is 22.6 Å². The molecule has 1 amide bonds. The molecule has 0 aliphatic rings. The van der Waals surface area contributed by atoms with Crippen molar-refractivity contribution in [3.63, 3.8) is 0 Å². The number of carbonyl (C=O) groups is 2. The van der Waals surface area contributed by atoms with Crippen LogP contribution in [0, 0.1) is 3.57 Å². The predicted octanol–water partition coefficient (Wildman–Crippen LogP) is 3.71. The number of carboxylic acids is 1. The molecule has 7 heteroatoms. The van der Waals surface area contributed by atoms with E-state index in [2.05, 4.69) is 21.2 Å². The Balaban J connectivity index is 2.27. The van der Waals surface area contributed by atoms with Gasteiger partial charge >= 0.3 is 5.97 Å². The Morgan fingerprint density at radius 1 is 1.14 bits per heavy atom. The van der Waals surface area contributed by atoms with Gasteiger partial charge in [0.25, 0.3) is 5.91 Å². The summed E-state index contributed by atoms with van der Waals surface area (Å²) in [5.41, 5.74) is 0.677. The van der Waals surface area contributed by atoms with Gasteiger partial charge in [0.15, 0.2) is 0 Å². The first-order valence-corrected chi connectivity index (χ1v) is 7.58. The van der Waals surface area contributed by atoms with Gasteiger partial charge in [-0.1, -0.05) is 0 Å². The number of rotatable bonds is 3. The van der Waals surface area contributed by atoms with Gasteiger partial charge in [0, 0.05) is 8.04 Å². The highest BCUT2D eigenvalue weighted by atomic mass is 127. The van der Waals surface area contributed by atoms with Gasteiger partial charge in [-0.15, -0.1) is 0 Å². The Kier molecular flexibility index (Phi) is 4.84. The van der Waals surface area contributed by atoms with Crippen LogP contribution in [0.25, 0.3) is 0 Å². The molecule has 0 spiro atoms. The molecule has 108 valence electrons. The Bertz CT molecular complexity index is 733. The van der Waals surface area contributed by atoms with Crippen molar-refractivity contribution < 1.29 is 19.8 Å². The topological polar surface area (TPSA) is 86.6 Å². The van der Waals surface area contributed by atoms with Gasteiger partial charge in [-0.25, -0.2) is 4.79 Å². The fraction of sp³-hybridized carbons (Fsp3) is 0. The number of phenols is 1. The van der Waals surface area contributed by atoms with Crippen LogP contribution < -0.4 is 5.32 Å². The van der Waals surface area contributed by atoms with Crippen molar-refractivity contribution in [1.29, 1.82) is 0 Å². The SMILES string of the molecule is O=C(O)c1ccc(NC(=O)c2cc(I)ccc2O)c(Br)c1. The summed E-state index contributed by atoms with van der Waals surface area (Å²) in [6.07, 6.45) is 0. The minimum atomic E-state index is -1.05. The minimum absolute atomic E-state index is 0.108. The van der Waals surface area contributed by atoms with Crippen molar-refractivity contribution in [2.24, 2.45) is 0 Å². The molecule has 0 unspecified atom stereocenters. The number of hydrogen-bond donors (Lipinski definition) is 3.